The minimum absolute atomic E-state index is 0.253. The number of sulfonamides is 1. The zero-order chi connectivity index (χ0) is 17.2. The van der Waals surface area contributed by atoms with Gasteiger partial charge in [-0.2, -0.15) is 0 Å². The molecule has 24 heavy (non-hydrogen) atoms. The predicted molar refractivity (Wildman–Crippen MR) is 97.7 cm³/mol. The largest absolute Gasteiger partial charge is 0.278 e. The standard InChI is InChI=1S/C19H20N2O2S/c1-3-14(2)15-8-10-18(11-9-15)24(22,23)21-17-12-16-6-4-5-7-19(16)20-13-17/h4-14,21H,3H2,1-2H3. The van der Waals surface area contributed by atoms with E-state index in [1.54, 1.807) is 18.2 Å². The highest BCUT2D eigenvalue weighted by Crippen LogP contribution is 2.23. The van der Waals surface area contributed by atoms with Crippen LogP contribution in [-0.4, -0.2) is 13.4 Å². The quantitative estimate of drug-likeness (QED) is 0.741. The van der Waals surface area contributed by atoms with Gasteiger partial charge in [-0.25, -0.2) is 8.42 Å². The lowest BCUT2D eigenvalue weighted by Crippen LogP contribution is -2.13. The lowest BCUT2D eigenvalue weighted by Gasteiger charge is -2.11. The monoisotopic (exact) mass is 340 g/mol. The third-order valence-electron chi connectivity index (χ3n) is 4.21. The van der Waals surface area contributed by atoms with Crippen molar-refractivity contribution in [3.8, 4) is 0 Å². The molecular formula is C19H20N2O2S. The summed E-state index contributed by atoms with van der Waals surface area (Å²) in [7, 11) is -3.62. The van der Waals surface area contributed by atoms with Crippen molar-refractivity contribution in [3.63, 3.8) is 0 Å². The molecule has 1 atom stereocenters. The Morgan fingerprint density at radius 1 is 1.08 bits per heavy atom. The predicted octanol–water partition coefficient (Wildman–Crippen LogP) is 4.55. The van der Waals surface area contributed by atoms with Gasteiger partial charge in [-0.1, -0.05) is 44.2 Å². The molecule has 0 amide bonds. The topological polar surface area (TPSA) is 59.1 Å². The normalized spacial score (nSPS) is 12.9. The van der Waals surface area contributed by atoms with Crippen LogP contribution in [0.5, 0.6) is 0 Å². The van der Waals surface area contributed by atoms with Gasteiger partial charge in [-0.05, 0) is 42.2 Å². The Bertz CT molecular complexity index is 951. The molecule has 0 aliphatic heterocycles. The van der Waals surface area contributed by atoms with Crippen LogP contribution in [0, 0.1) is 0 Å². The number of nitrogens with zero attached hydrogens (tertiary/aromatic N) is 1. The molecule has 1 aromatic heterocycles. The van der Waals surface area contributed by atoms with Gasteiger partial charge in [0.1, 0.15) is 0 Å². The Morgan fingerprint density at radius 2 is 1.79 bits per heavy atom. The summed E-state index contributed by atoms with van der Waals surface area (Å²) in [5, 5.41) is 0.893. The van der Waals surface area contributed by atoms with Crippen LogP contribution >= 0.6 is 0 Å². The van der Waals surface area contributed by atoms with E-state index >= 15 is 0 Å². The van der Waals surface area contributed by atoms with Crippen LogP contribution < -0.4 is 4.72 Å². The van der Waals surface area contributed by atoms with Crippen molar-refractivity contribution in [2.24, 2.45) is 0 Å². The number of fused-ring (bicyclic) bond motifs is 1. The number of hydrogen-bond donors (Lipinski definition) is 1. The van der Waals surface area contributed by atoms with Crippen molar-refractivity contribution < 1.29 is 8.42 Å². The SMILES string of the molecule is CCC(C)c1ccc(S(=O)(=O)Nc2cnc3ccccc3c2)cc1. The molecule has 0 fully saturated rings. The van der Waals surface area contributed by atoms with E-state index in [1.165, 1.54) is 6.20 Å². The zero-order valence-corrected chi connectivity index (χ0v) is 14.5. The summed E-state index contributed by atoms with van der Waals surface area (Å²) < 4.78 is 27.7. The highest BCUT2D eigenvalue weighted by Gasteiger charge is 2.15. The molecule has 0 spiro atoms. The van der Waals surface area contributed by atoms with Crippen LogP contribution in [0.3, 0.4) is 0 Å². The lowest BCUT2D eigenvalue weighted by atomic mass is 9.99. The number of anilines is 1. The molecule has 2 aromatic carbocycles. The smallest absolute Gasteiger partial charge is 0.261 e. The van der Waals surface area contributed by atoms with E-state index in [-0.39, 0.29) is 4.90 Å². The van der Waals surface area contributed by atoms with E-state index in [4.69, 9.17) is 0 Å². The van der Waals surface area contributed by atoms with Crippen molar-refractivity contribution in [3.05, 3.63) is 66.4 Å². The second-order valence-electron chi connectivity index (χ2n) is 5.90. The van der Waals surface area contributed by atoms with Crippen LogP contribution in [0.2, 0.25) is 0 Å². The second kappa shape index (κ2) is 6.61. The molecule has 1 N–H and O–H groups in total. The fourth-order valence-corrected chi connectivity index (χ4v) is 3.59. The molecule has 0 radical (unpaired) electrons. The summed E-state index contributed by atoms with van der Waals surface area (Å²) >= 11 is 0. The molecule has 1 unspecified atom stereocenters. The molecule has 0 aliphatic rings. The lowest BCUT2D eigenvalue weighted by molar-refractivity contribution is 0.601. The van der Waals surface area contributed by atoms with Crippen molar-refractivity contribution in [2.75, 3.05) is 4.72 Å². The second-order valence-corrected chi connectivity index (χ2v) is 7.58. The van der Waals surface area contributed by atoms with E-state index in [1.807, 2.05) is 36.4 Å². The number of hydrogen-bond acceptors (Lipinski definition) is 3. The highest BCUT2D eigenvalue weighted by molar-refractivity contribution is 7.92. The van der Waals surface area contributed by atoms with Gasteiger partial charge < -0.3 is 0 Å². The minimum Gasteiger partial charge on any atom is -0.278 e. The molecule has 124 valence electrons. The van der Waals surface area contributed by atoms with E-state index < -0.39 is 10.0 Å². The number of para-hydroxylation sites is 1. The first-order valence-corrected chi connectivity index (χ1v) is 9.45. The maximum Gasteiger partial charge on any atom is 0.261 e. The number of rotatable bonds is 5. The van der Waals surface area contributed by atoms with Crippen LogP contribution in [0.1, 0.15) is 31.7 Å². The van der Waals surface area contributed by atoms with Gasteiger partial charge >= 0.3 is 0 Å². The molecule has 3 rings (SSSR count). The Morgan fingerprint density at radius 3 is 2.50 bits per heavy atom. The Balaban J connectivity index is 1.86. The summed E-state index contributed by atoms with van der Waals surface area (Å²) in [4.78, 5) is 4.53. The number of pyridine rings is 1. The molecule has 0 aliphatic carbocycles. The third-order valence-corrected chi connectivity index (χ3v) is 5.61. The summed E-state index contributed by atoms with van der Waals surface area (Å²) in [6, 6.07) is 16.4. The van der Waals surface area contributed by atoms with Gasteiger partial charge in [0.15, 0.2) is 0 Å². The molecule has 4 nitrogen and oxygen atoms in total. The Kier molecular flexibility index (Phi) is 4.53. The van der Waals surface area contributed by atoms with Gasteiger partial charge in [0.05, 0.1) is 22.3 Å². The first-order valence-electron chi connectivity index (χ1n) is 7.97. The number of aromatic nitrogens is 1. The first-order chi connectivity index (χ1) is 11.5. The first kappa shape index (κ1) is 16.5. The summed E-state index contributed by atoms with van der Waals surface area (Å²) in [5.41, 5.74) is 2.43. The fourth-order valence-electron chi connectivity index (χ4n) is 2.55. The van der Waals surface area contributed by atoms with Crippen molar-refractivity contribution in [2.45, 2.75) is 31.1 Å². The van der Waals surface area contributed by atoms with E-state index in [0.717, 1.165) is 22.9 Å². The van der Waals surface area contributed by atoms with Gasteiger partial charge in [-0.15, -0.1) is 0 Å². The Hall–Kier alpha value is -2.40. The van der Waals surface area contributed by atoms with Crippen LogP contribution in [0.15, 0.2) is 65.7 Å². The van der Waals surface area contributed by atoms with Crippen molar-refractivity contribution in [1.29, 1.82) is 0 Å². The molecule has 3 aromatic rings. The third kappa shape index (κ3) is 3.41. The number of benzene rings is 2. The Labute approximate surface area is 142 Å². The van der Waals surface area contributed by atoms with Crippen molar-refractivity contribution >= 4 is 26.6 Å². The fraction of sp³-hybridized carbons (Fsp3) is 0.211. The molecule has 0 bridgehead atoms. The van der Waals surface area contributed by atoms with Crippen LogP contribution in [0.4, 0.5) is 5.69 Å². The van der Waals surface area contributed by atoms with E-state index in [9.17, 15) is 8.42 Å². The molecule has 0 saturated carbocycles. The molecular weight excluding hydrogens is 320 g/mol. The van der Waals surface area contributed by atoms with Gasteiger partial charge in [0, 0.05) is 5.39 Å². The van der Waals surface area contributed by atoms with Crippen LogP contribution in [0.25, 0.3) is 10.9 Å². The maximum absolute atomic E-state index is 12.5. The average Bonchev–Trinajstić information content (AvgIpc) is 2.60. The highest BCUT2D eigenvalue weighted by atomic mass is 32.2. The average molecular weight is 340 g/mol. The maximum atomic E-state index is 12.5. The summed E-state index contributed by atoms with van der Waals surface area (Å²) in [5.74, 6) is 0.416. The van der Waals surface area contributed by atoms with Crippen LogP contribution in [-0.2, 0) is 10.0 Å². The zero-order valence-electron chi connectivity index (χ0n) is 13.7. The summed E-state index contributed by atoms with van der Waals surface area (Å²) in [6.45, 7) is 4.24. The molecule has 5 heteroatoms. The van der Waals surface area contributed by atoms with Gasteiger partial charge in [0.2, 0.25) is 0 Å². The number of nitrogens with one attached hydrogen (secondary N) is 1. The molecule has 1 heterocycles. The molecule has 0 saturated heterocycles. The summed E-state index contributed by atoms with van der Waals surface area (Å²) in [6.07, 6.45) is 2.56. The van der Waals surface area contributed by atoms with E-state index in [2.05, 4.69) is 23.6 Å². The van der Waals surface area contributed by atoms with Gasteiger partial charge in [-0.3, -0.25) is 9.71 Å². The van der Waals surface area contributed by atoms with Crippen molar-refractivity contribution in [1.82, 2.24) is 4.98 Å². The van der Waals surface area contributed by atoms with Gasteiger partial charge in [0.25, 0.3) is 10.0 Å². The minimum atomic E-state index is -3.62. The van der Waals surface area contributed by atoms with E-state index in [0.29, 0.717) is 11.6 Å².